The van der Waals surface area contributed by atoms with Gasteiger partial charge in [-0.2, -0.15) is 0 Å². The lowest BCUT2D eigenvalue weighted by Gasteiger charge is -2.29. The number of aryl methyl sites for hydroxylation is 1. The maximum absolute atomic E-state index is 13.1. The Bertz CT molecular complexity index is 1370. The smallest absolute Gasteiger partial charge is 0.254 e. The van der Waals surface area contributed by atoms with Crippen molar-refractivity contribution in [3.8, 4) is 11.5 Å². The monoisotopic (exact) mass is 445 g/mol. The van der Waals surface area contributed by atoms with E-state index in [1.54, 1.807) is 0 Å². The van der Waals surface area contributed by atoms with Crippen LogP contribution in [0.2, 0.25) is 0 Å². The van der Waals surface area contributed by atoms with Crippen molar-refractivity contribution in [2.45, 2.75) is 45.4 Å². The number of benzene rings is 2. The van der Waals surface area contributed by atoms with Gasteiger partial charge >= 0.3 is 0 Å². The average Bonchev–Trinajstić information content (AvgIpc) is 3.25. The Kier molecular flexibility index (Phi) is 5.06. The minimum Gasteiger partial charge on any atom is -0.389 e. The number of carbonyl (C=O) groups excluding carboxylic acids is 1. The van der Waals surface area contributed by atoms with Gasteiger partial charge in [-0.25, -0.2) is 4.98 Å². The number of aromatic nitrogens is 3. The Balaban J connectivity index is 1.65. The molecule has 1 aliphatic rings. The molecule has 5 rings (SSSR count). The molecule has 0 bridgehead atoms. The van der Waals surface area contributed by atoms with Crippen LogP contribution in [0.5, 0.6) is 0 Å². The van der Waals surface area contributed by atoms with E-state index in [4.69, 9.17) is 10.7 Å². The van der Waals surface area contributed by atoms with Crippen molar-refractivity contribution in [1.29, 1.82) is 0 Å². The minimum atomic E-state index is -0.879. The normalized spacial score (nSPS) is 15.5. The molecule has 7 nitrogen and oxygen atoms in total. The highest BCUT2D eigenvalue weighted by Gasteiger charge is 2.27. The van der Waals surface area contributed by atoms with Gasteiger partial charge in [-0.15, -0.1) is 0 Å². The summed E-state index contributed by atoms with van der Waals surface area (Å²) in [5.41, 5.74) is 10.6. The summed E-state index contributed by atoms with van der Waals surface area (Å²) in [5, 5.41) is 11.7. The van der Waals surface area contributed by atoms with E-state index in [1.807, 2.05) is 50.9 Å². The molecular formula is C26H31N5O2. The summed E-state index contributed by atoms with van der Waals surface area (Å²) in [7, 11) is 2.01. The molecule has 0 aliphatic carbocycles. The van der Waals surface area contributed by atoms with Crippen molar-refractivity contribution in [2.75, 3.05) is 13.1 Å². The third-order valence-corrected chi connectivity index (χ3v) is 6.37. The Morgan fingerprint density at radius 3 is 2.67 bits per heavy atom. The molecule has 2 aromatic heterocycles. The summed E-state index contributed by atoms with van der Waals surface area (Å²) in [4.78, 5) is 19.9. The fourth-order valence-corrected chi connectivity index (χ4v) is 4.92. The highest BCUT2D eigenvalue weighted by atomic mass is 16.3. The van der Waals surface area contributed by atoms with Crippen molar-refractivity contribution < 1.29 is 9.90 Å². The van der Waals surface area contributed by atoms with E-state index in [9.17, 15) is 9.90 Å². The average molecular weight is 446 g/mol. The molecule has 3 N–H and O–H groups in total. The lowest BCUT2D eigenvalue weighted by atomic mass is 9.97. The summed E-state index contributed by atoms with van der Waals surface area (Å²) in [5.74, 6) is 0.839. The van der Waals surface area contributed by atoms with Crippen molar-refractivity contribution in [3.63, 3.8) is 0 Å². The Morgan fingerprint density at radius 2 is 1.94 bits per heavy atom. The van der Waals surface area contributed by atoms with Crippen LogP contribution in [0.15, 0.2) is 42.5 Å². The third-order valence-electron chi connectivity index (χ3n) is 6.37. The number of fused-ring (bicyclic) bond motifs is 3. The maximum atomic E-state index is 13.1. The molecule has 1 atom stereocenters. The standard InChI is InChI=1S/C26H31N5O2/c1-16(27)14-30-10-9-17-11-22-20(13-19(17)25(30)32)28-24(29(22)4)23-12-18-7-5-6-8-21(18)31(23)15-26(2,3)33/h5-8,11-13,16,33H,9-10,14-15,27H2,1-4H3/t16-/m1/s1. The molecule has 172 valence electrons. The van der Waals surface area contributed by atoms with Gasteiger partial charge in [0.1, 0.15) is 0 Å². The van der Waals surface area contributed by atoms with Gasteiger partial charge in [0.2, 0.25) is 0 Å². The number of para-hydroxylation sites is 1. The molecule has 3 heterocycles. The fourth-order valence-electron chi connectivity index (χ4n) is 4.92. The second-order valence-corrected chi connectivity index (χ2v) is 9.96. The Morgan fingerprint density at radius 1 is 1.18 bits per heavy atom. The van der Waals surface area contributed by atoms with Gasteiger partial charge in [-0.1, -0.05) is 18.2 Å². The number of imidazole rings is 1. The fraction of sp³-hybridized carbons (Fsp3) is 0.385. The number of nitrogens with two attached hydrogens (primary N) is 1. The molecule has 0 saturated heterocycles. The molecule has 0 saturated carbocycles. The van der Waals surface area contributed by atoms with E-state index < -0.39 is 5.60 Å². The predicted molar refractivity (Wildman–Crippen MR) is 131 cm³/mol. The molecule has 1 aliphatic heterocycles. The first kappa shape index (κ1) is 21.7. The molecule has 0 spiro atoms. The summed E-state index contributed by atoms with van der Waals surface area (Å²) in [6.07, 6.45) is 0.809. The van der Waals surface area contributed by atoms with E-state index in [0.29, 0.717) is 19.6 Å². The summed E-state index contributed by atoms with van der Waals surface area (Å²) >= 11 is 0. The zero-order chi connectivity index (χ0) is 23.5. The predicted octanol–water partition coefficient (Wildman–Crippen LogP) is 3.31. The maximum Gasteiger partial charge on any atom is 0.254 e. The molecule has 0 fully saturated rings. The van der Waals surface area contributed by atoms with E-state index in [2.05, 4.69) is 33.4 Å². The lowest BCUT2D eigenvalue weighted by Crippen LogP contribution is -2.43. The van der Waals surface area contributed by atoms with Crippen molar-refractivity contribution >= 4 is 27.8 Å². The first-order chi connectivity index (χ1) is 15.6. The molecular weight excluding hydrogens is 414 g/mol. The molecule has 1 amide bonds. The first-order valence-corrected chi connectivity index (χ1v) is 11.5. The summed E-state index contributed by atoms with van der Waals surface area (Å²) < 4.78 is 4.22. The lowest BCUT2D eigenvalue weighted by molar-refractivity contribution is 0.0632. The highest BCUT2D eigenvalue weighted by molar-refractivity contribution is 6.00. The van der Waals surface area contributed by atoms with Gasteiger partial charge in [0.25, 0.3) is 5.91 Å². The van der Waals surface area contributed by atoms with Crippen molar-refractivity contribution in [3.05, 3.63) is 53.6 Å². The Hall–Kier alpha value is -3.16. The van der Waals surface area contributed by atoms with Crippen LogP contribution in [0.4, 0.5) is 0 Å². The SMILES string of the molecule is C[C@@H](N)CN1CCc2cc3c(cc2C1=O)nc(-c1cc2ccccc2n1CC(C)(C)O)n3C. The van der Waals surface area contributed by atoms with Crippen LogP contribution in [0.3, 0.4) is 0 Å². The first-order valence-electron chi connectivity index (χ1n) is 11.5. The van der Waals surface area contributed by atoms with Crippen LogP contribution < -0.4 is 5.73 Å². The van der Waals surface area contributed by atoms with E-state index >= 15 is 0 Å². The van der Waals surface area contributed by atoms with E-state index in [0.717, 1.165) is 51.0 Å². The second kappa shape index (κ2) is 7.71. The topological polar surface area (TPSA) is 89.3 Å². The van der Waals surface area contributed by atoms with Gasteiger partial charge in [0.05, 0.1) is 28.9 Å². The van der Waals surface area contributed by atoms with Crippen LogP contribution in [0.25, 0.3) is 33.5 Å². The molecule has 33 heavy (non-hydrogen) atoms. The number of nitrogens with zero attached hydrogens (tertiary/aromatic N) is 4. The van der Waals surface area contributed by atoms with Crippen molar-refractivity contribution in [1.82, 2.24) is 19.0 Å². The Labute approximate surface area is 193 Å². The third kappa shape index (κ3) is 3.81. The quantitative estimate of drug-likeness (QED) is 0.493. The number of hydrogen-bond acceptors (Lipinski definition) is 4. The van der Waals surface area contributed by atoms with E-state index in [1.165, 1.54) is 0 Å². The van der Waals surface area contributed by atoms with Gasteiger partial charge in [0, 0.05) is 42.6 Å². The van der Waals surface area contributed by atoms with Gasteiger partial charge in [-0.05, 0) is 57.0 Å². The summed E-state index contributed by atoms with van der Waals surface area (Å²) in [6.45, 7) is 7.23. The highest BCUT2D eigenvalue weighted by Crippen LogP contribution is 2.33. The van der Waals surface area contributed by atoms with Gasteiger partial charge in [0.15, 0.2) is 5.82 Å². The van der Waals surface area contributed by atoms with Crippen LogP contribution in [-0.4, -0.2) is 54.8 Å². The number of carbonyl (C=O) groups is 1. The van der Waals surface area contributed by atoms with Crippen LogP contribution in [0.1, 0.15) is 36.7 Å². The van der Waals surface area contributed by atoms with Crippen LogP contribution in [-0.2, 0) is 20.0 Å². The number of hydrogen-bond donors (Lipinski definition) is 2. The van der Waals surface area contributed by atoms with E-state index in [-0.39, 0.29) is 11.9 Å². The molecule has 7 heteroatoms. The van der Waals surface area contributed by atoms with Gasteiger partial charge < -0.3 is 24.9 Å². The molecule has 0 radical (unpaired) electrons. The summed E-state index contributed by atoms with van der Waals surface area (Å²) in [6, 6.07) is 14.3. The van der Waals surface area contributed by atoms with Crippen LogP contribution >= 0.6 is 0 Å². The van der Waals surface area contributed by atoms with Crippen LogP contribution in [0, 0.1) is 0 Å². The van der Waals surface area contributed by atoms with Gasteiger partial charge in [-0.3, -0.25) is 4.79 Å². The zero-order valence-corrected chi connectivity index (χ0v) is 19.7. The number of amides is 1. The second-order valence-electron chi connectivity index (χ2n) is 9.96. The molecule has 4 aromatic rings. The molecule has 2 aromatic carbocycles. The zero-order valence-electron chi connectivity index (χ0n) is 19.7. The number of rotatable bonds is 5. The van der Waals surface area contributed by atoms with Crippen molar-refractivity contribution in [2.24, 2.45) is 12.8 Å². The largest absolute Gasteiger partial charge is 0.389 e. The molecule has 0 unspecified atom stereocenters. The number of aliphatic hydroxyl groups is 1. The minimum absolute atomic E-state index is 0.0267.